The highest BCUT2D eigenvalue weighted by Gasteiger charge is 2.40. The Labute approximate surface area is 101 Å². The molecule has 1 rings (SSSR count). The van der Waals surface area contributed by atoms with Gasteiger partial charge in [0.25, 0.3) is 0 Å². The van der Waals surface area contributed by atoms with Gasteiger partial charge in [-0.25, -0.2) is 0 Å². The van der Waals surface area contributed by atoms with E-state index in [0.717, 1.165) is 35.6 Å². The zero-order chi connectivity index (χ0) is 12.7. The van der Waals surface area contributed by atoms with Crippen molar-refractivity contribution in [1.29, 1.82) is 0 Å². The van der Waals surface area contributed by atoms with Gasteiger partial charge in [0.1, 0.15) is 0 Å². The Kier molecular flexibility index (Phi) is 3.47. The number of hydrogen-bond acceptors (Lipinski definition) is 0. The summed E-state index contributed by atoms with van der Waals surface area (Å²) in [6, 6.07) is 1.49. The lowest BCUT2D eigenvalue weighted by Gasteiger charge is -2.17. The highest BCUT2D eigenvalue weighted by Crippen LogP contribution is 2.41. The van der Waals surface area contributed by atoms with Crippen molar-refractivity contribution in [3.8, 4) is 0 Å². The molecule has 0 spiro atoms. The van der Waals surface area contributed by atoms with E-state index in [0.29, 0.717) is 6.07 Å². The van der Waals surface area contributed by atoms with Crippen LogP contribution in [-0.4, -0.2) is 0 Å². The number of alkyl halides is 6. The molecule has 0 aliphatic carbocycles. The molecule has 0 bridgehead atoms. The maximum atomic E-state index is 12.5. The summed E-state index contributed by atoms with van der Waals surface area (Å²) < 4.78 is 73.8. The van der Waals surface area contributed by atoms with Crippen LogP contribution >= 0.6 is 22.6 Å². The summed E-state index contributed by atoms with van der Waals surface area (Å²) in [6.07, 6.45) is -9.55. The second-order valence-corrected chi connectivity index (χ2v) is 4.19. The van der Waals surface area contributed by atoms with Crippen molar-refractivity contribution in [2.45, 2.75) is 19.3 Å². The third-order valence-corrected chi connectivity index (χ3v) is 3.06. The molecule has 0 aliphatic heterocycles. The first kappa shape index (κ1) is 13.6. The van der Waals surface area contributed by atoms with E-state index >= 15 is 0 Å². The van der Waals surface area contributed by atoms with Gasteiger partial charge < -0.3 is 0 Å². The number of aryl methyl sites for hydroxylation is 1. The molecule has 0 heterocycles. The highest BCUT2D eigenvalue weighted by atomic mass is 127. The van der Waals surface area contributed by atoms with Crippen LogP contribution in [-0.2, 0) is 12.4 Å². The van der Waals surface area contributed by atoms with E-state index in [9.17, 15) is 26.3 Å². The van der Waals surface area contributed by atoms with E-state index in [1.807, 2.05) is 0 Å². The first-order valence-corrected chi connectivity index (χ1v) is 5.06. The Bertz CT molecular complexity index is 404. The molecule has 0 atom stereocenters. The Hall–Kier alpha value is -0.470. The van der Waals surface area contributed by atoms with Crippen LogP contribution in [0.4, 0.5) is 26.3 Å². The minimum Gasteiger partial charge on any atom is -0.166 e. The summed E-state index contributed by atoms with van der Waals surface area (Å²) in [6.45, 7) is 1.13. The molecular formula is C9H5F6I. The number of rotatable bonds is 0. The second-order valence-electron chi connectivity index (χ2n) is 3.11. The minimum absolute atomic E-state index is 0.218. The Morgan fingerprint density at radius 1 is 0.938 bits per heavy atom. The topological polar surface area (TPSA) is 0 Å². The normalized spacial score (nSPS) is 13.0. The van der Waals surface area contributed by atoms with Crippen molar-refractivity contribution < 1.29 is 26.3 Å². The molecule has 0 saturated carbocycles. The second kappa shape index (κ2) is 4.08. The first-order valence-electron chi connectivity index (χ1n) is 3.98. The summed E-state index contributed by atoms with van der Waals surface area (Å²) in [4.78, 5) is 0. The fourth-order valence-corrected chi connectivity index (χ4v) is 2.46. The van der Waals surface area contributed by atoms with Gasteiger partial charge in [-0.1, -0.05) is 6.07 Å². The van der Waals surface area contributed by atoms with Gasteiger partial charge in [-0.3, -0.25) is 0 Å². The summed E-state index contributed by atoms with van der Waals surface area (Å²) in [5, 5.41) is 0. The number of benzene rings is 1. The highest BCUT2D eigenvalue weighted by molar-refractivity contribution is 14.1. The average Bonchev–Trinajstić information content (AvgIpc) is 1.97. The lowest BCUT2D eigenvalue weighted by Crippen LogP contribution is -2.16. The van der Waals surface area contributed by atoms with Gasteiger partial charge in [-0.15, -0.1) is 0 Å². The molecule has 0 unspecified atom stereocenters. The summed E-state index contributed by atoms with van der Waals surface area (Å²) in [5.74, 6) is 0. The molecule has 0 radical (unpaired) electrons. The monoisotopic (exact) mass is 354 g/mol. The molecule has 0 aliphatic rings. The zero-order valence-corrected chi connectivity index (χ0v) is 9.96. The molecule has 0 amide bonds. The van der Waals surface area contributed by atoms with E-state index in [1.165, 1.54) is 0 Å². The molecule has 16 heavy (non-hydrogen) atoms. The molecule has 0 saturated heterocycles. The van der Waals surface area contributed by atoms with Gasteiger partial charge in [-0.2, -0.15) is 26.3 Å². The molecule has 0 aromatic heterocycles. The van der Waals surface area contributed by atoms with Gasteiger partial charge in [0.15, 0.2) is 0 Å². The third-order valence-electron chi connectivity index (χ3n) is 1.94. The Balaban J connectivity index is 3.52. The summed E-state index contributed by atoms with van der Waals surface area (Å²) >= 11 is 1.08. The van der Waals surface area contributed by atoms with Crippen LogP contribution in [0.25, 0.3) is 0 Å². The van der Waals surface area contributed by atoms with Gasteiger partial charge in [0.05, 0.1) is 11.1 Å². The fraction of sp³-hybridized carbons (Fsp3) is 0.333. The quantitative estimate of drug-likeness (QED) is 0.471. The van der Waals surface area contributed by atoms with Crippen molar-refractivity contribution in [1.82, 2.24) is 0 Å². The maximum Gasteiger partial charge on any atom is 0.417 e. The number of hydrogen-bond donors (Lipinski definition) is 0. The molecule has 90 valence electrons. The minimum atomic E-state index is -4.78. The Morgan fingerprint density at radius 2 is 1.44 bits per heavy atom. The van der Waals surface area contributed by atoms with Crippen LogP contribution in [0.15, 0.2) is 12.1 Å². The number of halogens is 7. The third kappa shape index (κ3) is 2.61. The van der Waals surface area contributed by atoms with Crippen LogP contribution in [0.3, 0.4) is 0 Å². The van der Waals surface area contributed by atoms with Gasteiger partial charge in [0, 0.05) is 3.57 Å². The molecule has 0 fully saturated rings. The van der Waals surface area contributed by atoms with Crippen LogP contribution in [0, 0.1) is 10.5 Å². The molecule has 1 aromatic carbocycles. The smallest absolute Gasteiger partial charge is 0.166 e. The first-order chi connectivity index (χ1) is 7.05. The van der Waals surface area contributed by atoms with Gasteiger partial charge >= 0.3 is 12.4 Å². The molecule has 0 nitrogen and oxygen atoms in total. The maximum absolute atomic E-state index is 12.5. The van der Waals surface area contributed by atoms with E-state index < -0.39 is 27.0 Å². The average molecular weight is 354 g/mol. The van der Waals surface area contributed by atoms with E-state index in [4.69, 9.17) is 0 Å². The van der Waals surface area contributed by atoms with Crippen molar-refractivity contribution in [3.63, 3.8) is 0 Å². The van der Waals surface area contributed by atoms with E-state index in [1.54, 1.807) is 0 Å². The largest absolute Gasteiger partial charge is 0.417 e. The lowest BCUT2D eigenvalue weighted by atomic mass is 10.0. The van der Waals surface area contributed by atoms with Gasteiger partial charge in [0.2, 0.25) is 0 Å². The standard InChI is InChI=1S/C9H5F6I/c1-4-2-3-5(8(10,11)12)7(16)6(4)9(13,14)15/h2-3H,1H3. The van der Waals surface area contributed by atoms with Crippen LogP contribution < -0.4 is 0 Å². The van der Waals surface area contributed by atoms with Crippen LogP contribution in [0.5, 0.6) is 0 Å². The molecule has 0 N–H and O–H groups in total. The summed E-state index contributed by atoms with van der Waals surface area (Å²) in [7, 11) is 0. The van der Waals surface area contributed by atoms with Crippen molar-refractivity contribution in [3.05, 3.63) is 32.4 Å². The molecular weight excluding hydrogens is 349 g/mol. The summed E-state index contributed by atoms with van der Waals surface area (Å²) in [5.41, 5.74) is -2.70. The van der Waals surface area contributed by atoms with Crippen LogP contribution in [0.2, 0.25) is 0 Å². The molecule has 7 heteroatoms. The van der Waals surface area contributed by atoms with Crippen molar-refractivity contribution in [2.75, 3.05) is 0 Å². The van der Waals surface area contributed by atoms with Gasteiger partial charge in [-0.05, 0) is 41.1 Å². The Morgan fingerprint density at radius 3 is 1.81 bits per heavy atom. The SMILES string of the molecule is Cc1ccc(C(F)(F)F)c(I)c1C(F)(F)F. The lowest BCUT2D eigenvalue weighted by molar-refractivity contribution is -0.144. The van der Waals surface area contributed by atoms with E-state index in [-0.39, 0.29) is 5.56 Å². The van der Waals surface area contributed by atoms with Crippen LogP contribution in [0.1, 0.15) is 16.7 Å². The predicted molar refractivity (Wildman–Crippen MR) is 53.9 cm³/mol. The van der Waals surface area contributed by atoms with Crippen molar-refractivity contribution >= 4 is 22.6 Å². The zero-order valence-electron chi connectivity index (χ0n) is 7.80. The van der Waals surface area contributed by atoms with E-state index in [2.05, 4.69) is 0 Å². The predicted octanol–water partition coefficient (Wildman–Crippen LogP) is 4.64. The fourth-order valence-electron chi connectivity index (χ4n) is 1.24. The molecule has 1 aromatic rings. The van der Waals surface area contributed by atoms with Crippen molar-refractivity contribution in [2.24, 2.45) is 0 Å².